The van der Waals surface area contributed by atoms with Gasteiger partial charge in [0.2, 0.25) is 0 Å². The molecule has 164 valence electrons. The van der Waals surface area contributed by atoms with Gasteiger partial charge in [-0.2, -0.15) is 0 Å². The highest BCUT2D eigenvalue weighted by Gasteiger charge is 2.43. The summed E-state index contributed by atoms with van der Waals surface area (Å²) >= 11 is 5.35. The monoisotopic (exact) mass is 434 g/mol. The molecular weight excluding hydrogens is 404 g/mol. The van der Waals surface area contributed by atoms with E-state index in [1.165, 1.54) is 0 Å². The van der Waals surface area contributed by atoms with Crippen LogP contribution in [0, 0.1) is 0 Å². The maximum Gasteiger partial charge on any atom is 0.278 e. The van der Waals surface area contributed by atoms with Gasteiger partial charge in [0, 0.05) is 64.1 Å². The smallest absolute Gasteiger partial charge is 0.278 e. The molecule has 4 rings (SSSR count). The molecule has 1 N–H and O–H groups in total. The third-order valence-corrected chi connectivity index (χ3v) is 6.11. The van der Waals surface area contributed by atoms with Crippen LogP contribution < -0.4 is 10.1 Å². The number of nitrogens with zero attached hydrogens (tertiary/aromatic N) is 3. The molecule has 8 nitrogen and oxygen atoms in total. The van der Waals surface area contributed by atoms with E-state index in [0.29, 0.717) is 5.17 Å². The van der Waals surface area contributed by atoms with Crippen LogP contribution in [0.1, 0.15) is 24.8 Å². The number of thiocarbonyl (C=S) groups is 1. The molecule has 0 saturated carbocycles. The average Bonchev–Trinajstić information content (AvgIpc) is 3.20. The lowest BCUT2D eigenvalue weighted by Gasteiger charge is -2.36. The number of hydrogen-bond acceptors (Lipinski definition) is 8. The maximum atomic E-state index is 5.91. The lowest BCUT2D eigenvalue weighted by atomic mass is 9.86. The molecule has 3 aliphatic heterocycles. The second-order valence-corrected chi connectivity index (χ2v) is 8.28. The summed E-state index contributed by atoms with van der Waals surface area (Å²) in [5.74, 6) is 0.828. The van der Waals surface area contributed by atoms with E-state index in [-0.39, 0.29) is 5.60 Å². The molecule has 9 heteroatoms. The van der Waals surface area contributed by atoms with Gasteiger partial charge < -0.3 is 24.5 Å². The third-order valence-electron chi connectivity index (χ3n) is 5.89. The molecule has 0 aromatic heterocycles. The summed E-state index contributed by atoms with van der Waals surface area (Å²) in [5, 5.41) is 9.93. The largest absolute Gasteiger partial charge is 0.497 e. The van der Waals surface area contributed by atoms with Crippen molar-refractivity contribution in [3.05, 3.63) is 29.8 Å². The van der Waals surface area contributed by atoms with Crippen molar-refractivity contribution in [3.63, 3.8) is 0 Å². The zero-order chi connectivity index (χ0) is 20.8. The number of rotatable bonds is 6. The quantitative estimate of drug-likeness (QED) is 0.680. The molecule has 0 unspecified atom stereocenters. The van der Waals surface area contributed by atoms with Gasteiger partial charge in [-0.1, -0.05) is 17.3 Å². The van der Waals surface area contributed by atoms with Crippen LogP contribution in [0.25, 0.3) is 0 Å². The van der Waals surface area contributed by atoms with Crippen LogP contribution in [0.5, 0.6) is 5.75 Å². The third kappa shape index (κ3) is 5.40. The molecule has 1 aromatic carbocycles. The average molecular weight is 435 g/mol. The fraction of sp³-hybridized carbons (Fsp3) is 0.619. The van der Waals surface area contributed by atoms with E-state index in [1.807, 2.05) is 29.3 Å². The first-order valence-electron chi connectivity index (χ1n) is 10.6. The highest BCUT2D eigenvalue weighted by molar-refractivity contribution is 7.80. The molecule has 2 saturated heterocycles. The van der Waals surface area contributed by atoms with E-state index in [9.17, 15) is 0 Å². The van der Waals surface area contributed by atoms with E-state index >= 15 is 0 Å². The van der Waals surface area contributed by atoms with Gasteiger partial charge in [0.15, 0.2) is 0 Å². The van der Waals surface area contributed by atoms with Crippen LogP contribution in [0.4, 0.5) is 0 Å². The van der Waals surface area contributed by atoms with Gasteiger partial charge in [-0.05, 0) is 24.4 Å². The molecule has 2 fully saturated rings. The van der Waals surface area contributed by atoms with Crippen molar-refractivity contribution in [2.24, 2.45) is 5.16 Å². The van der Waals surface area contributed by atoms with Gasteiger partial charge in [-0.25, -0.2) is 0 Å². The molecule has 0 bridgehead atoms. The van der Waals surface area contributed by atoms with E-state index in [4.69, 9.17) is 31.4 Å². The Hall–Kier alpha value is -1.94. The summed E-state index contributed by atoms with van der Waals surface area (Å²) in [6, 6.07) is 7.96. The number of hydrogen-bond donors (Lipinski definition) is 1. The standard InChI is InChI=1S/C21H30N4O4S/c1-26-18-4-2-3-17(15-18)19-16-21(29-23-19)5-8-25(9-6-21)28-20(30)22-7-10-24-11-13-27-14-12-24/h2-4,15H,5-14,16H2,1H3,(H,22,30). The van der Waals surface area contributed by atoms with Crippen molar-refractivity contribution in [1.29, 1.82) is 0 Å². The van der Waals surface area contributed by atoms with E-state index in [0.717, 1.165) is 88.8 Å². The molecule has 0 aliphatic carbocycles. The first kappa shape index (κ1) is 21.3. The topological polar surface area (TPSA) is 67.8 Å². The van der Waals surface area contributed by atoms with Crippen LogP contribution in [-0.4, -0.2) is 86.0 Å². The van der Waals surface area contributed by atoms with Crippen LogP contribution in [0.15, 0.2) is 29.4 Å². The first-order valence-corrected chi connectivity index (χ1v) is 11.0. The molecule has 3 aliphatic rings. The maximum absolute atomic E-state index is 5.91. The molecule has 30 heavy (non-hydrogen) atoms. The van der Waals surface area contributed by atoms with Crippen molar-refractivity contribution in [2.75, 3.05) is 59.6 Å². The van der Waals surface area contributed by atoms with Gasteiger partial charge in [0.05, 0.1) is 26.0 Å². The first-order chi connectivity index (χ1) is 14.7. The highest BCUT2D eigenvalue weighted by atomic mass is 32.1. The van der Waals surface area contributed by atoms with Crippen molar-refractivity contribution >= 4 is 23.1 Å². The number of ether oxygens (including phenoxy) is 2. The minimum absolute atomic E-state index is 0.246. The van der Waals surface area contributed by atoms with Crippen molar-refractivity contribution in [1.82, 2.24) is 15.3 Å². The van der Waals surface area contributed by atoms with Crippen LogP contribution >= 0.6 is 12.2 Å². The normalized spacial score (nSPS) is 21.7. The Morgan fingerprint density at radius 1 is 1.23 bits per heavy atom. The Labute approximate surface area is 183 Å². The summed E-state index contributed by atoms with van der Waals surface area (Å²) in [6.07, 6.45) is 2.50. The second kappa shape index (κ2) is 9.91. The summed E-state index contributed by atoms with van der Waals surface area (Å²) < 4.78 is 10.7. The highest BCUT2D eigenvalue weighted by Crippen LogP contribution is 2.36. The minimum Gasteiger partial charge on any atom is -0.497 e. The Balaban J connectivity index is 1.18. The van der Waals surface area contributed by atoms with E-state index < -0.39 is 0 Å². The van der Waals surface area contributed by atoms with Gasteiger partial charge in [0.1, 0.15) is 11.4 Å². The predicted molar refractivity (Wildman–Crippen MR) is 118 cm³/mol. The SMILES string of the molecule is COc1cccc(C2=NOC3(CCN(OC(=S)NCCN4CCOCC4)CC3)C2)c1. The van der Waals surface area contributed by atoms with Crippen LogP contribution in [-0.2, 0) is 14.4 Å². The van der Waals surface area contributed by atoms with Crippen molar-refractivity contribution in [2.45, 2.75) is 24.9 Å². The molecule has 0 radical (unpaired) electrons. The van der Waals surface area contributed by atoms with E-state index in [2.05, 4.69) is 15.4 Å². The van der Waals surface area contributed by atoms with Gasteiger partial charge >= 0.3 is 0 Å². The zero-order valence-corrected chi connectivity index (χ0v) is 18.3. The Morgan fingerprint density at radius 2 is 2.03 bits per heavy atom. The Morgan fingerprint density at radius 3 is 2.80 bits per heavy atom. The lowest BCUT2D eigenvalue weighted by molar-refractivity contribution is -0.145. The second-order valence-electron chi connectivity index (χ2n) is 7.91. The van der Waals surface area contributed by atoms with Gasteiger partial charge in [0.25, 0.3) is 5.17 Å². The summed E-state index contributed by atoms with van der Waals surface area (Å²) in [4.78, 5) is 14.1. The fourth-order valence-corrected chi connectivity index (χ4v) is 4.23. The number of methoxy groups -OCH3 is 1. The molecule has 0 amide bonds. The molecule has 0 atom stereocenters. The number of morpholine rings is 1. The van der Waals surface area contributed by atoms with Crippen molar-refractivity contribution < 1.29 is 19.1 Å². The molecular formula is C21H30N4O4S. The van der Waals surface area contributed by atoms with Gasteiger partial charge in [-0.3, -0.25) is 4.90 Å². The van der Waals surface area contributed by atoms with Crippen molar-refractivity contribution in [3.8, 4) is 5.75 Å². The summed E-state index contributed by atoms with van der Waals surface area (Å²) in [6.45, 7) is 6.79. The number of piperidine rings is 1. The van der Waals surface area contributed by atoms with Crippen LogP contribution in [0.3, 0.4) is 0 Å². The van der Waals surface area contributed by atoms with Gasteiger partial charge in [-0.15, -0.1) is 5.06 Å². The van der Waals surface area contributed by atoms with E-state index in [1.54, 1.807) is 7.11 Å². The number of benzene rings is 1. The molecule has 1 spiro atoms. The Kier molecular flexibility index (Phi) is 7.04. The predicted octanol–water partition coefficient (Wildman–Crippen LogP) is 1.79. The molecule has 3 heterocycles. The van der Waals surface area contributed by atoms with Crippen LogP contribution in [0.2, 0.25) is 0 Å². The fourth-order valence-electron chi connectivity index (χ4n) is 4.02. The number of hydroxylamine groups is 2. The number of nitrogens with one attached hydrogen (secondary N) is 1. The molecule has 1 aromatic rings. The lowest BCUT2D eigenvalue weighted by Crippen LogP contribution is -2.47. The Bertz CT molecular complexity index is 761. The number of oxime groups is 1. The minimum atomic E-state index is -0.246. The summed E-state index contributed by atoms with van der Waals surface area (Å²) in [5.41, 5.74) is 1.78. The zero-order valence-electron chi connectivity index (χ0n) is 17.5. The summed E-state index contributed by atoms with van der Waals surface area (Å²) in [7, 11) is 1.67.